The summed E-state index contributed by atoms with van der Waals surface area (Å²) < 4.78 is 67.2. The van der Waals surface area contributed by atoms with Gasteiger partial charge in [-0.1, -0.05) is 49.6 Å². The van der Waals surface area contributed by atoms with Crippen LogP contribution in [0.15, 0.2) is 54.0 Å². The lowest BCUT2D eigenvalue weighted by molar-refractivity contribution is -0.0502. The molecule has 2 fully saturated rings. The molecule has 3 unspecified atom stereocenters. The third-order valence-electron chi connectivity index (χ3n) is 8.48. The summed E-state index contributed by atoms with van der Waals surface area (Å²) in [5.41, 5.74) is -1.48. The van der Waals surface area contributed by atoms with E-state index in [0.29, 0.717) is 9.33 Å². The van der Waals surface area contributed by atoms with Crippen molar-refractivity contribution in [3.8, 4) is 0 Å². The van der Waals surface area contributed by atoms with Gasteiger partial charge in [0.25, 0.3) is 0 Å². The van der Waals surface area contributed by atoms with Crippen molar-refractivity contribution in [1.82, 2.24) is 18.8 Å². The quantitative estimate of drug-likeness (QED) is 0.221. The van der Waals surface area contributed by atoms with Crippen molar-refractivity contribution < 1.29 is 21.6 Å². The Morgan fingerprint density at radius 3 is 2.39 bits per heavy atom. The van der Waals surface area contributed by atoms with E-state index in [1.54, 1.807) is 17.5 Å². The molecule has 3 atom stereocenters. The Balaban J connectivity index is 1.45. The average molecular weight is 623 g/mol. The Morgan fingerprint density at radius 2 is 1.76 bits per heavy atom. The maximum Gasteiger partial charge on any atom is 0.511 e. The van der Waals surface area contributed by atoms with E-state index < -0.39 is 15.5 Å². The first-order valence-electron chi connectivity index (χ1n) is 13.8. The summed E-state index contributed by atoms with van der Waals surface area (Å²) in [5, 5.41) is 3.53. The Labute approximate surface area is 246 Å². The van der Waals surface area contributed by atoms with Gasteiger partial charge in [0.1, 0.15) is 10.8 Å². The van der Waals surface area contributed by atoms with Gasteiger partial charge in [0.15, 0.2) is 0 Å². The van der Waals surface area contributed by atoms with Gasteiger partial charge in [-0.05, 0) is 60.6 Å². The number of hydrogen-bond donors (Lipinski definition) is 0. The number of rotatable bonds is 6. The highest BCUT2D eigenvalue weighted by atomic mass is 35.5. The molecule has 218 valence electrons. The van der Waals surface area contributed by atoms with Crippen LogP contribution >= 0.6 is 22.9 Å². The van der Waals surface area contributed by atoms with Crippen LogP contribution in [0.5, 0.6) is 0 Å². The first kappa shape index (κ1) is 28.6. The van der Waals surface area contributed by atoms with Crippen LogP contribution < -0.4 is 0 Å². The normalized spacial score (nSPS) is 22.0. The summed E-state index contributed by atoms with van der Waals surface area (Å²) in [6.45, 7) is 1.46. The summed E-state index contributed by atoms with van der Waals surface area (Å²) in [6.07, 6.45) is 6.31. The molecule has 6 rings (SSSR count). The number of thiazole rings is 1. The van der Waals surface area contributed by atoms with E-state index in [1.807, 2.05) is 42.6 Å². The monoisotopic (exact) mass is 622 g/mol. The maximum absolute atomic E-state index is 13.3. The predicted octanol–water partition coefficient (Wildman–Crippen LogP) is 7.72. The fourth-order valence-corrected chi connectivity index (χ4v) is 8.47. The first-order chi connectivity index (χ1) is 19.5. The predicted molar refractivity (Wildman–Crippen MR) is 155 cm³/mol. The van der Waals surface area contributed by atoms with Crippen molar-refractivity contribution in [3.05, 3.63) is 81.0 Å². The molecule has 4 aromatic rings. The second-order valence-corrected chi connectivity index (χ2v) is 14.4. The van der Waals surface area contributed by atoms with Crippen LogP contribution in [0.1, 0.15) is 78.9 Å². The van der Waals surface area contributed by atoms with Crippen molar-refractivity contribution in [2.24, 2.45) is 5.92 Å². The van der Waals surface area contributed by atoms with E-state index in [0.717, 1.165) is 58.7 Å². The summed E-state index contributed by atoms with van der Waals surface area (Å²) in [7, 11) is -5.38. The molecule has 2 aromatic heterocycles. The van der Waals surface area contributed by atoms with E-state index in [4.69, 9.17) is 16.6 Å². The SMILES string of the molecule is CC1CN(S(=O)(=O)C(F)(F)F)CCC1n1c(C2CCCC2)nc2ccc(C(c3ccc(Cl)cc3)c3nccs3)cc21. The van der Waals surface area contributed by atoms with Crippen molar-refractivity contribution in [1.29, 1.82) is 0 Å². The molecule has 0 spiro atoms. The van der Waals surface area contributed by atoms with Gasteiger partial charge in [0.05, 0.1) is 17.0 Å². The molecular formula is C29H30ClF3N4O2S2. The molecule has 2 aromatic carbocycles. The second-order valence-electron chi connectivity index (χ2n) is 11.1. The van der Waals surface area contributed by atoms with Crippen molar-refractivity contribution >= 4 is 44.0 Å². The maximum atomic E-state index is 13.3. The van der Waals surface area contributed by atoms with Gasteiger partial charge in [0.2, 0.25) is 0 Å². The lowest BCUT2D eigenvalue weighted by Crippen LogP contribution is -2.48. The topological polar surface area (TPSA) is 68.1 Å². The summed E-state index contributed by atoms with van der Waals surface area (Å²) in [4.78, 5) is 9.70. The standard InChI is InChI=1S/C29H30ClF3N4O2S2/c1-18-17-36(41(38,39)29(31,32)33)14-12-24(18)37-25-16-21(8-11-23(25)35-27(37)20-4-2-3-5-20)26(28-34-13-15-40-28)19-6-9-22(30)10-7-19/h6-11,13,15-16,18,20,24,26H,2-5,12,14,17H2,1H3. The van der Waals surface area contributed by atoms with E-state index in [1.165, 1.54) is 0 Å². The van der Waals surface area contributed by atoms with Gasteiger partial charge in [-0.25, -0.2) is 18.4 Å². The van der Waals surface area contributed by atoms with Gasteiger partial charge in [-0.3, -0.25) is 0 Å². The zero-order valence-electron chi connectivity index (χ0n) is 22.4. The summed E-state index contributed by atoms with van der Waals surface area (Å²) in [6, 6.07) is 13.8. The number of imidazole rings is 1. The summed E-state index contributed by atoms with van der Waals surface area (Å²) in [5.74, 6) is 0.746. The van der Waals surface area contributed by atoms with Crippen molar-refractivity contribution in [3.63, 3.8) is 0 Å². The molecule has 3 heterocycles. The van der Waals surface area contributed by atoms with Crippen LogP contribution in [-0.2, 0) is 10.0 Å². The third kappa shape index (κ3) is 5.30. The average Bonchev–Trinajstić information content (AvgIpc) is 3.71. The molecule has 1 saturated carbocycles. The lowest BCUT2D eigenvalue weighted by Gasteiger charge is -2.38. The van der Waals surface area contributed by atoms with Gasteiger partial charge in [-0.2, -0.15) is 17.5 Å². The molecule has 6 nitrogen and oxygen atoms in total. The van der Waals surface area contributed by atoms with E-state index >= 15 is 0 Å². The smallest absolute Gasteiger partial charge is 0.324 e. The summed E-state index contributed by atoms with van der Waals surface area (Å²) >= 11 is 7.76. The van der Waals surface area contributed by atoms with E-state index in [-0.39, 0.29) is 43.3 Å². The number of sulfonamides is 1. The van der Waals surface area contributed by atoms with Crippen LogP contribution in [0.25, 0.3) is 11.0 Å². The van der Waals surface area contributed by atoms with Gasteiger partial charge in [-0.15, -0.1) is 11.3 Å². The molecule has 0 N–H and O–H groups in total. The molecule has 0 bridgehead atoms. The molecule has 0 amide bonds. The minimum atomic E-state index is -5.38. The molecule has 1 aliphatic heterocycles. The molecule has 41 heavy (non-hydrogen) atoms. The third-order valence-corrected chi connectivity index (χ3v) is 11.2. The highest BCUT2D eigenvalue weighted by Gasteiger charge is 2.51. The zero-order valence-corrected chi connectivity index (χ0v) is 24.8. The van der Waals surface area contributed by atoms with Crippen LogP contribution in [0.4, 0.5) is 13.2 Å². The fraction of sp³-hybridized carbons (Fsp3) is 0.448. The molecule has 0 radical (unpaired) electrons. The minimum Gasteiger partial charge on any atom is -0.324 e. The van der Waals surface area contributed by atoms with Crippen LogP contribution in [0, 0.1) is 5.92 Å². The highest BCUT2D eigenvalue weighted by Crippen LogP contribution is 2.43. The fourth-order valence-electron chi connectivity index (χ4n) is 6.48. The number of piperidine rings is 1. The van der Waals surface area contributed by atoms with Crippen LogP contribution in [-0.4, -0.2) is 45.9 Å². The van der Waals surface area contributed by atoms with Gasteiger partial charge in [0, 0.05) is 41.6 Å². The van der Waals surface area contributed by atoms with Crippen LogP contribution in [0.3, 0.4) is 0 Å². The van der Waals surface area contributed by atoms with Crippen molar-refractivity contribution in [2.75, 3.05) is 13.1 Å². The highest BCUT2D eigenvalue weighted by molar-refractivity contribution is 7.90. The van der Waals surface area contributed by atoms with E-state index in [2.05, 4.69) is 21.7 Å². The van der Waals surface area contributed by atoms with Crippen LogP contribution in [0.2, 0.25) is 5.02 Å². The number of hydrogen-bond acceptors (Lipinski definition) is 5. The van der Waals surface area contributed by atoms with Gasteiger partial charge < -0.3 is 4.57 Å². The number of alkyl halides is 3. The first-order valence-corrected chi connectivity index (χ1v) is 16.5. The molecule has 1 saturated heterocycles. The lowest BCUT2D eigenvalue weighted by atomic mass is 9.91. The number of nitrogens with zero attached hydrogens (tertiary/aromatic N) is 4. The van der Waals surface area contributed by atoms with E-state index in [9.17, 15) is 21.6 Å². The number of aromatic nitrogens is 3. The largest absolute Gasteiger partial charge is 0.511 e. The Morgan fingerprint density at radius 1 is 1.05 bits per heavy atom. The Bertz CT molecular complexity index is 1630. The van der Waals surface area contributed by atoms with Gasteiger partial charge >= 0.3 is 15.5 Å². The number of benzene rings is 2. The molecule has 12 heteroatoms. The Hall–Kier alpha value is -2.47. The zero-order chi connectivity index (χ0) is 28.9. The Kier molecular flexibility index (Phi) is 7.67. The van der Waals surface area contributed by atoms with Crippen molar-refractivity contribution in [2.45, 2.75) is 62.4 Å². The second kappa shape index (κ2) is 11.0. The minimum absolute atomic E-state index is 0.133. The molecular weight excluding hydrogens is 593 g/mol. The number of fused-ring (bicyclic) bond motifs is 1. The molecule has 1 aliphatic carbocycles. The molecule has 2 aliphatic rings. The number of halogens is 4.